The van der Waals surface area contributed by atoms with Crippen LogP contribution in [0.4, 0.5) is 0 Å². The van der Waals surface area contributed by atoms with Crippen LogP contribution in [0.3, 0.4) is 0 Å². The van der Waals surface area contributed by atoms with E-state index in [1.165, 1.54) is 6.07 Å². The Kier molecular flexibility index (Phi) is 2.56. The molecule has 3 aromatic rings. The zero-order valence-electron chi connectivity index (χ0n) is 10.3. The lowest BCUT2D eigenvalue weighted by atomic mass is 10.1. The predicted molar refractivity (Wildman–Crippen MR) is 72.1 cm³/mol. The Balaban J connectivity index is 2.25. The molecular formula is C15H11NO3. The van der Waals surface area contributed by atoms with Crippen molar-refractivity contribution in [3.63, 3.8) is 0 Å². The fourth-order valence-corrected chi connectivity index (χ4v) is 1.94. The summed E-state index contributed by atoms with van der Waals surface area (Å²) in [6, 6.07) is 9.87. The van der Waals surface area contributed by atoms with Crippen molar-refractivity contribution in [3.8, 4) is 17.1 Å². The molecule has 0 fully saturated rings. The van der Waals surface area contributed by atoms with Gasteiger partial charge in [-0.3, -0.25) is 4.79 Å². The number of hydrogen-bond acceptors (Lipinski definition) is 4. The van der Waals surface area contributed by atoms with Crippen molar-refractivity contribution in [1.29, 1.82) is 0 Å². The zero-order chi connectivity index (χ0) is 13.4. The quantitative estimate of drug-likeness (QED) is 0.724. The van der Waals surface area contributed by atoms with E-state index in [0.717, 1.165) is 11.1 Å². The molecule has 0 radical (unpaired) electrons. The van der Waals surface area contributed by atoms with Crippen LogP contribution < -0.4 is 5.43 Å². The van der Waals surface area contributed by atoms with Gasteiger partial charge in [0.05, 0.1) is 5.39 Å². The van der Waals surface area contributed by atoms with Crippen molar-refractivity contribution in [2.24, 2.45) is 0 Å². The van der Waals surface area contributed by atoms with Crippen molar-refractivity contribution in [2.45, 2.75) is 6.92 Å². The van der Waals surface area contributed by atoms with Gasteiger partial charge in [-0.2, -0.15) is 0 Å². The van der Waals surface area contributed by atoms with Crippen LogP contribution in [0, 0.1) is 6.92 Å². The third-order valence-corrected chi connectivity index (χ3v) is 2.99. The molecule has 0 spiro atoms. The van der Waals surface area contributed by atoms with Crippen molar-refractivity contribution >= 4 is 11.1 Å². The van der Waals surface area contributed by atoms with E-state index in [-0.39, 0.29) is 11.2 Å². The number of benzene rings is 1. The fraction of sp³-hybridized carbons (Fsp3) is 0.0667. The van der Waals surface area contributed by atoms with Crippen LogP contribution in [0.5, 0.6) is 5.75 Å². The number of rotatable bonds is 1. The highest BCUT2D eigenvalue weighted by Crippen LogP contribution is 2.25. The molecule has 0 bridgehead atoms. The van der Waals surface area contributed by atoms with Gasteiger partial charge >= 0.3 is 0 Å². The van der Waals surface area contributed by atoms with Gasteiger partial charge < -0.3 is 9.52 Å². The van der Waals surface area contributed by atoms with Gasteiger partial charge in [0.25, 0.3) is 0 Å². The molecule has 0 atom stereocenters. The molecule has 0 amide bonds. The van der Waals surface area contributed by atoms with E-state index in [1.807, 2.05) is 0 Å². The lowest BCUT2D eigenvalue weighted by Gasteiger charge is -2.04. The highest BCUT2D eigenvalue weighted by atomic mass is 16.3. The maximum atomic E-state index is 12.0. The van der Waals surface area contributed by atoms with Crippen molar-refractivity contribution in [1.82, 2.24) is 4.98 Å². The average molecular weight is 253 g/mol. The SMILES string of the molecule is Cc1cc(-c2cc(=O)c3cccnc3o2)ccc1O. The number of aromatic nitrogens is 1. The Morgan fingerprint density at radius 2 is 2.05 bits per heavy atom. The monoisotopic (exact) mass is 253 g/mol. The van der Waals surface area contributed by atoms with Crippen molar-refractivity contribution < 1.29 is 9.52 Å². The summed E-state index contributed by atoms with van der Waals surface area (Å²) in [7, 11) is 0. The Morgan fingerprint density at radius 1 is 1.21 bits per heavy atom. The molecular weight excluding hydrogens is 242 g/mol. The highest BCUT2D eigenvalue weighted by molar-refractivity contribution is 5.75. The fourth-order valence-electron chi connectivity index (χ4n) is 1.94. The molecule has 3 rings (SSSR count). The Hall–Kier alpha value is -2.62. The maximum Gasteiger partial charge on any atom is 0.230 e. The van der Waals surface area contributed by atoms with Gasteiger partial charge in [-0.1, -0.05) is 0 Å². The minimum absolute atomic E-state index is 0.130. The molecule has 94 valence electrons. The molecule has 0 saturated heterocycles. The number of aryl methyl sites for hydroxylation is 1. The van der Waals surface area contributed by atoms with Gasteiger partial charge in [-0.25, -0.2) is 4.98 Å². The lowest BCUT2D eigenvalue weighted by molar-refractivity contribution is 0.471. The second kappa shape index (κ2) is 4.24. The summed E-state index contributed by atoms with van der Waals surface area (Å²) in [4.78, 5) is 16.0. The van der Waals surface area contributed by atoms with Gasteiger partial charge in [0, 0.05) is 17.8 Å². The predicted octanol–water partition coefficient (Wildman–Crippen LogP) is 2.87. The molecule has 19 heavy (non-hydrogen) atoms. The molecule has 1 N–H and O–H groups in total. The summed E-state index contributed by atoms with van der Waals surface area (Å²) in [6.07, 6.45) is 1.58. The molecule has 1 aromatic carbocycles. The molecule has 2 heterocycles. The van der Waals surface area contributed by atoms with Crippen LogP contribution in [0.1, 0.15) is 5.56 Å². The lowest BCUT2D eigenvalue weighted by Crippen LogP contribution is -2.01. The first-order valence-corrected chi connectivity index (χ1v) is 5.84. The van der Waals surface area contributed by atoms with Gasteiger partial charge in [0.2, 0.25) is 5.71 Å². The standard InChI is InChI=1S/C15H11NO3/c1-9-7-10(4-5-12(9)17)14-8-13(18)11-3-2-6-16-15(11)19-14/h2-8,17H,1H3. The smallest absolute Gasteiger partial charge is 0.230 e. The summed E-state index contributed by atoms with van der Waals surface area (Å²) in [6.45, 7) is 1.79. The second-order valence-corrected chi connectivity index (χ2v) is 4.33. The van der Waals surface area contributed by atoms with E-state index in [2.05, 4.69) is 4.98 Å². The first kappa shape index (κ1) is 11.5. The summed E-state index contributed by atoms with van der Waals surface area (Å²) in [5, 5.41) is 9.97. The first-order chi connectivity index (χ1) is 9.15. The third kappa shape index (κ3) is 1.97. The molecule has 4 nitrogen and oxygen atoms in total. The van der Waals surface area contributed by atoms with Crippen LogP contribution >= 0.6 is 0 Å². The second-order valence-electron chi connectivity index (χ2n) is 4.33. The normalized spacial score (nSPS) is 10.8. The largest absolute Gasteiger partial charge is 0.508 e. The first-order valence-electron chi connectivity index (χ1n) is 5.84. The number of phenols is 1. The number of phenolic OH excluding ortho intramolecular Hbond substituents is 1. The molecule has 0 aliphatic rings. The van der Waals surface area contributed by atoms with Crippen LogP contribution in [0.25, 0.3) is 22.4 Å². The zero-order valence-corrected chi connectivity index (χ0v) is 10.3. The summed E-state index contributed by atoms with van der Waals surface area (Å²) < 4.78 is 5.63. The van der Waals surface area contributed by atoms with E-state index in [9.17, 15) is 9.90 Å². The number of pyridine rings is 1. The molecule has 0 unspecified atom stereocenters. The van der Waals surface area contributed by atoms with Gasteiger partial charge in [-0.15, -0.1) is 0 Å². The number of nitrogens with zero attached hydrogens (tertiary/aromatic N) is 1. The summed E-state index contributed by atoms with van der Waals surface area (Å²) in [5.74, 6) is 0.657. The van der Waals surface area contributed by atoms with Crippen LogP contribution in [-0.2, 0) is 0 Å². The van der Waals surface area contributed by atoms with Crippen molar-refractivity contribution in [3.05, 3.63) is 58.4 Å². The molecule has 0 aliphatic heterocycles. The average Bonchev–Trinajstić information content (AvgIpc) is 2.42. The minimum atomic E-state index is -0.130. The molecule has 2 aromatic heterocycles. The molecule has 4 heteroatoms. The van der Waals surface area contributed by atoms with Crippen LogP contribution in [0.2, 0.25) is 0 Å². The van der Waals surface area contributed by atoms with E-state index in [4.69, 9.17) is 4.42 Å². The Bertz CT molecular complexity index is 821. The van der Waals surface area contributed by atoms with E-state index in [0.29, 0.717) is 16.9 Å². The minimum Gasteiger partial charge on any atom is -0.508 e. The molecule has 0 saturated carbocycles. The number of aromatic hydroxyl groups is 1. The highest BCUT2D eigenvalue weighted by Gasteiger charge is 2.08. The van der Waals surface area contributed by atoms with E-state index in [1.54, 1.807) is 43.5 Å². The third-order valence-electron chi connectivity index (χ3n) is 2.99. The number of hydrogen-bond donors (Lipinski definition) is 1. The van der Waals surface area contributed by atoms with E-state index >= 15 is 0 Å². The van der Waals surface area contributed by atoms with Gasteiger partial charge in [0.15, 0.2) is 5.43 Å². The van der Waals surface area contributed by atoms with Gasteiger partial charge in [0.1, 0.15) is 11.5 Å². The summed E-state index contributed by atoms with van der Waals surface area (Å²) in [5.41, 5.74) is 1.65. The Labute approximate surface area is 109 Å². The number of fused-ring (bicyclic) bond motifs is 1. The maximum absolute atomic E-state index is 12.0. The van der Waals surface area contributed by atoms with Gasteiger partial charge in [-0.05, 0) is 42.8 Å². The van der Waals surface area contributed by atoms with Crippen LogP contribution in [0.15, 0.2) is 51.8 Å². The van der Waals surface area contributed by atoms with Crippen molar-refractivity contribution in [2.75, 3.05) is 0 Å². The summed E-state index contributed by atoms with van der Waals surface area (Å²) >= 11 is 0. The van der Waals surface area contributed by atoms with E-state index < -0.39 is 0 Å². The Morgan fingerprint density at radius 3 is 2.84 bits per heavy atom. The molecule has 0 aliphatic carbocycles. The van der Waals surface area contributed by atoms with Crippen LogP contribution in [-0.4, -0.2) is 10.1 Å². The topological polar surface area (TPSA) is 63.3 Å².